The minimum absolute atomic E-state index is 0.114. The number of fused-ring (bicyclic) bond motifs is 1. The van der Waals surface area contributed by atoms with Gasteiger partial charge in [0.15, 0.2) is 0 Å². The van der Waals surface area contributed by atoms with Gasteiger partial charge in [0, 0.05) is 39.3 Å². The summed E-state index contributed by atoms with van der Waals surface area (Å²) in [7, 11) is -2.27. The minimum atomic E-state index is -3.76. The van der Waals surface area contributed by atoms with Crippen molar-refractivity contribution in [2.75, 3.05) is 46.4 Å². The van der Waals surface area contributed by atoms with Crippen molar-refractivity contribution in [2.24, 2.45) is 0 Å². The molecule has 5 rings (SSSR count). The molecule has 1 fully saturated rings. The molecule has 2 aliphatic rings. The highest BCUT2D eigenvalue weighted by molar-refractivity contribution is 7.89. The van der Waals surface area contributed by atoms with Crippen molar-refractivity contribution < 1.29 is 22.7 Å². The molecule has 1 saturated heterocycles. The van der Waals surface area contributed by atoms with Crippen LogP contribution in [-0.2, 0) is 10.0 Å². The largest absolute Gasteiger partial charge is 0.494 e. The third-order valence-electron chi connectivity index (χ3n) is 6.23. The van der Waals surface area contributed by atoms with E-state index in [1.807, 2.05) is 0 Å². The number of rotatable bonds is 7. The van der Waals surface area contributed by atoms with Gasteiger partial charge in [-0.05, 0) is 40.8 Å². The fourth-order valence-electron chi connectivity index (χ4n) is 4.31. The average Bonchev–Trinajstić information content (AvgIpc) is 3.50. The second kappa shape index (κ2) is 9.17. The van der Waals surface area contributed by atoms with E-state index in [0.29, 0.717) is 42.2 Å². The van der Waals surface area contributed by atoms with Gasteiger partial charge in [-0.1, -0.05) is 12.1 Å². The van der Waals surface area contributed by atoms with Gasteiger partial charge in [0.05, 0.1) is 23.1 Å². The minimum Gasteiger partial charge on any atom is -0.494 e. The van der Waals surface area contributed by atoms with Crippen molar-refractivity contribution >= 4 is 21.8 Å². The highest BCUT2D eigenvalue weighted by Crippen LogP contribution is 2.27. The Morgan fingerprint density at radius 2 is 1.63 bits per heavy atom. The predicted molar refractivity (Wildman–Crippen MR) is 123 cm³/mol. The lowest BCUT2D eigenvalue weighted by Crippen LogP contribution is -2.50. The molecule has 2 amide bonds. The Balaban J connectivity index is 1.23. The number of aromatic nitrogens is 4. The Kier molecular flexibility index (Phi) is 6.05. The standard InChI is InChI=1S/C22H23N7O5S/c1-34-20-7-6-16(14-19(20)29-15-23-24-25-29)35(32,33)27-11-8-26(9-12-27)10-13-28-21(30)17-4-2-3-5-18(17)22(28)31/h2-7,14-15H,8-13H2,1H3. The topological polar surface area (TPSA) is 131 Å². The number of carbonyl (C=O) groups is 2. The van der Waals surface area contributed by atoms with Crippen LogP contribution in [0.25, 0.3) is 5.69 Å². The number of carbonyl (C=O) groups excluding carboxylic acids is 2. The summed E-state index contributed by atoms with van der Waals surface area (Å²) in [4.78, 5) is 28.5. The molecule has 0 bridgehead atoms. The van der Waals surface area contributed by atoms with Gasteiger partial charge in [-0.25, -0.2) is 8.42 Å². The first-order valence-corrected chi connectivity index (χ1v) is 12.4. The predicted octanol–water partition coefficient (Wildman–Crippen LogP) is 0.273. The molecule has 3 aromatic rings. The van der Waals surface area contributed by atoms with Gasteiger partial charge in [-0.2, -0.15) is 8.99 Å². The molecule has 35 heavy (non-hydrogen) atoms. The summed E-state index contributed by atoms with van der Waals surface area (Å²) in [5.41, 5.74) is 1.26. The van der Waals surface area contributed by atoms with Gasteiger partial charge >= 0.3 is 0 Å². The molecule has 2 aromatic carbocycles. The zero-order chi connectivity index (χ0) is 24.6. The molecule has 12 nitrogen and oxygen atoms in total. The van der Waals surface area contributed by atoms with Crippen LogP contribution in [0.1, 0.15) is 20.7 Å². The van der Waals surface area contributed by atoms with Crippen LogP contribution in [0.5, 0.6) is 5.75 Å². The molecule has 0 atom stereocenters. The molecule has 0 N–H and O–H groups in total. The third kappa shape index (κ3) is 4.17. The highest BCUT2D eigenvalue weighted by Gasteiger charge is 2.35. The zero-order valence-electron chi connectivity index (χ0n) is 18.9. The lowest BCUT2D eigenvalue weighted by Gasteiger charge is -2.34. The Labute approximate surface area is 201 Å². The van der Waals surface area contributed by atoms with E-state index >= 15 is 0 Å². The molecule has 0 spiro atoms. The van der Waals surface area contributed by atoms with E-state index in [-0.39, 0.29) is 36.3 Å². The van der Waals surface area contributed by atoms with Crippen LogP contribution in [0.2, 0.25) is 0 Å². The molecule has 0 radical (unpaired) electrons. The fourth-order valence-corrected chi connectivity index (χ4v) is 5.75. The second-order valence-electron chi connectivity index (χ2n) is 8.14. The summed E-state index contributed by atoms with van der Waals surface area (Å²) in [5.74, 6) is -0.136. The van der Waals surface area contributed by atoms with E-state index in [4.69, 9.17) is 4.74 Å². The van der Waals surface area contributed by atoms with Gasteiger partial charge in [-0.3, -0.25) is 19.4 Å². The number of piperazine rings is 1. The lowest BCUT2D eigenvalue weighted by atomic mass is 10.1. The summed E-state index contributed by atoms with van der Waals surface area (Å²) in [6.45, 7) is 2.28. The van der Waals surface area contributed by atoms with Gasteiger partial charge in [-0.15, -0.1) is 5.10 Å². The molecular weight excluding hydrogens is 474 g/mol. The molecule has 13 heteroatoms. The number of methoxy groups -OCH3 is 1. The molecule has 0 saturated carbocycles. The van der Waals surface area contributed by atoms with Crippen LogP contribution < -0.4 is 4.74 Å². The quantitative estimate of drug-likeness (QED) is 0.422. The second-order valence-corrected chi connectivity index (χ2v) is 10.1. The van der Waals surface area contributed by atoms with Gasteiger partial charge in [0.25, 0.3) is 11.8 Å². The fraction of sp³-hybridized carbons (Fsp3) is 0.318. The number of benzene rings is 2. The number of sulfonamides is 1. The first-order chi connectivity index (χ1) is 16.9. The van der Waals surface area contributed by atoms with E-state index in [9.17, 15) is 18.0 Å². The van der Waals surface area contributed by atoms with Crippen molar-refractivity contribution in [1.82, 2.24) is 34.3 Å². The van der Waals surface area contributed by atoms with Crippen molar-refractivity contribution in [3.63, 3.8) is 0 Å². The van der Waals surface area contributed by atoms with Crippen molar-refractivity contribution in [3.05, 3.63) is 59.9 Å². The van der Waals surface area contributed by atoms with E-state index < -0.39 is 10.0 Å². The van der Waals surface area contributed by atoms with Crippen LogP contribution in [-0.4, -0.2) is 101 Å². The summed E-state index contributed by atoms with van der Waals surface area (Å²) in [6, 6.07) is 11.3. The molecule has 0 aliphatic carbocycles. The molecular formula is C22H23N7O5S. The van der Waals surface area contributed by atoms with E-state index in [1.54, 1.807) is 30.3 Å². The van der Waals surface area contributed by atoms with Gasteiger partial charge in [0.2, 0.25) is 10.0 Å². The van der Waals surface area contributed by atoms with Crippen LogP contribution in [0.4, 0.5) is 0 Å². The smallest absolute Gasteiger partial charge is 0.261 e. The highest BCUT2D eigenvalue weighted by atomic mass is 32.2. The number of hydrogen-bond acceptors (Lipinski definition) is 9. The molecule has 1 aromatic heterocycles. The maximum absolute atomic E-state index is 13.3. The summed E-state index contributed by atoms with van der Waals surface area (Å²) >= 11 is 0. The third-order valence-corrected chi connectivity index (χ3v) is 8.13. The monoisotopic (exact) mass is 497 g/mol. The van der Waals surface area contributed by atoms with E-state index in [0.717, 1.165) is 0 Å². The summed E-state index contributed by atoms with van der Waals surface area (Å²) in [5, 5.41) is 11.0. The molecule has 2 aliphatic heterocycles. The SMILES string of the molecule is COc1ccc(S(=O)(=O)N2CCN(CCN3C(=O)c4ccccc4C3=O)CC2)cc1-n1cnnn1. The Bertz CT molecular complexity index is 1330. The molecule has 182 valence electrons. The van der Waals surface area contributed by atoms with Crippen molar-refractivity contribution in [3.8, 4) is 11.4 Å². The molecule has 0 unspecified atom stereocenters. The number of ether oxygens (including phenoxy) is 1. The Morgan fingerprint density at radius 3 is 2.23 bits per heavy atom. The van der Waals surface area contributed by atoms with Crippen LogP contribution in [0.3, 0.4) is 0 Å². The first-order valence-electron chi connectivity index (χ1n) is 11.0. The van der Waals surface area contributed by atoms with Crippen molar-refractivity contribution in [2.45, 2.75) is 4.90 Å². The number of tetrazole rings is 1. The number of nitrogens with zero attached hydrogens (tertiary/aromatic N) is 7. The maximum atomic E-state index is 13.3. The van der Waals surface area contributed by atoms with Crippen molar-refractivity contribution in [1.29, 1.82) is 0 Å². The number of imide groups is 1. The van der Waals surface area contributed by atoms with Crippen LogP contribution >= 0.6 is 0 Å². The summed E-state index contributed by atoms with van der Waals surface area (Å²) < 4.78 is 34.7. The average molecular weight is 498 g/mol. The number of amides is 2. The first kappa shape index (κ1) is 23.1. The Morgan fingerprint density at radius 1 is 0.943 bits per heavy atom. The normalized spacial score (nSPS) is 17.1. The molecule has 3 heterocycles. The zero-order valence-corrected chi connectivity index (χ0v) is 19.8. The van der Waals surface area contributed by atoms with Gasteiger partial charge in [0.1, 0.15) is 17.8 Å². The number of hydrogen-bond donors (Lipinski definition) is 0. The maximum Gasteiger partial charge on any atom is 0.261 e. The van der Waals surface area contributed by atoms with E-state index in [2.05, 4.69) is 20.4 Å². The summed E-state index contributed by atoms with van der Waals surface area (Å²) in [6.07, 6.45) is 1.36. The van der Waals surface area contributed by atoms with Crippen LogP contribution in [0.15, 0.2) is 53.7 Å². The van der Waals surface area contributed by atoms with Gasteiger partial charge < -0.3 is 4.74 Å². The lowest BCUT2D eigenvalue weighted by molar-refractivity contribution is 0.0628. The van der Waals surface area contributed by atoms with Crippen LogP contribution in [0, 0.1) is 0 Å². The van der Waals surface area contributed by atoms with E-state index in [1.165, 1.54) is 39.5 Å². The Hall–Kier alpha value is -3.68.